The van der Waals surface area contributed by atoms with E-state index in [1.54, 1.807) is 24.3 Å². The van der Waals surface area contributed by atoms with Crippen LogP contribution in [0.4, 0.5) is 4.79 Å². The van der Waals surface area contributed by atoms with E-state index in [1.165, 1.54) is 0 Å². The lowest BCUT2D eigenvalue weighted by molar-refractivity contribution is -0.147. The number of rotatable bonds is 7. The number of amides is 3. The summed E-state index contributed by atoms with van der Waals surface area (Å²) >= 11 is 0. The number of nitrogens with zero attached hydrogens (tertiary/aromatic N) is 1. The van der Waals surface area contributed by atoms with Crippen LogP contribution in [0.3, 0.4) is 0 Å². The van der Waals surface area contributed by atoms with Gasteiger partial charge in [-0.3, -0.25) is 19.3 Å². The van der Waals surface area contributed by atoms with Crippen LogP contribution in [0.25, 0.3) is 0 Å². The van der Waals surface area contributed by atoms with Crippen molar-refractivity contribution in [2.75, 3.05) is 19.8 Å². The molecule has 0 aromatic heterocycles. The monoisotopic (exact) mass is 402 g/mol. The van der Waals surface area contributed by atoms with Crippen LogP contribution < -0.4 is 10.1 Å². The number of esters is 1. The Kier molecular flexibility index (Phi) is 6.20. The fourth-order valence-corrected chi connectivity index (χ4v) is 3.95. The molecule has 29 heavy (non-hydrogen) atoms. The summed E-state index contributed by atoms with van der Waals surface area (Å²) in [5, 5.41) is 2.78. The zero-order chi connectivity index (χ0) is 21.0. The average Bonchev–Trinajstić information content (AvgIpc) is 2.94. The van der Waals surface area contributed by atoms with Gasteiger partial charge in [-0.05, 0) is 49.9 Å². The summed E-state index contributed by atoms with van der Waals surface area (Å²) in [6.07, 6.45) is 3.29. The molecule has 0 unspecified atom stereocenters. The highest BCUT2D eigenvalue weighted by atomic mass is 16.5. The highest BCUT2D eigenvalue weighted by molar-refractivity contribution is 6.09. The minimum atomic E-state index is -0.923. The van der Waals surface area contributed by atoms with Gasteiger partial charge < -0.3 is 14.8 Å². The third kappa shape index (κ3) is 4.26. The first-order valence-corrected chi connectivity index (χ1v) is 9.93. The second-order valence-corrected chi connectivity index (χ2v) is 7.48. The zero-order valence-electron chi connectivity index (χ0n) is 16.7. The molecule has 1 aliphatic heterocycles. The first-order chi connectivity index (χ1) is 13.9. The Labute approximate surface area is 169 Å². The molecule has 1 spiro atoms. The molecule has 1 aromatic rings. The van der Waals surface area contributed by atoms with E-state index in [0.29, 0.717) is 24.3 Å². The minimum absolute atomic E-state index is 0.00922. The van der Waals surface area contributed by atoms with Crippen molar-refractivity contribution >= 4 is 23.7 Å². The number of Topliss-reactive ketones (excluding diaryl/α,β-unsaturated/α-hetero) is 1. The van der Waals surface area contributed by atoms with Crippen molar-refractivity contribution in [2.45, 2.75) is 45.1 Å². The molecule has 8 heteroatoms. The lowest BCUT2D eigenvalue weighted by Gasteiger charge is -2.36. The smallest absolute Gasteiger partial charge is 0.326 e. The number of hydrogen-bond donors (Lipinski definition) is 1. The van der Waals surface area contributed by atoms with Crippen LogP contribution in [0, 0.1) is 5.92 Å². The van der Waals surface area contributed by atoms with Crippen LogP contribution in [0.15, 0.2) is 24.3 Å². The van der Waals surface area contributed by atoms with Crippen LogP contribution in [-0.2, 0) is 14.3 Å². The lowest BCUT2D eigenvalue weighted by atomic mass is 9.73. The molecular weight excluding hydrogens is 376 g/mol. The summed E-state index contributed by atoms with van der Waals surface area (Å²) in [5.41, 5.74) is -0.542. The Morgan fingerprint density at radius 3 is 2.59 bits per heavy atom. The van der Waals surface area contributed by atoms with E-state index in [0.717, 1.165) is 24.2 Å². The predicted octanol–water partition coefficient (Wildman–Crippen LogP) is 2.31. The fourth-order valence-electron chi connectivity index (χ4n) is 3.95. The summed E-state index contributed by atoms with van der Waals surface area (Å²) in [4.78, 5) is 50.4. The molecule has 2 fully saturated rings. The molecule has 0 radical (unpaired) electrons. The predicted molar refractivity (Wildman–Crippen MR) is 104 cm³/mol. The largest absolute Gasteiger partial charge is 0.494 e. The summed E-state index contributed by atoms with van der Waals surface area (Å²) < 4.78 is 10.3. The normalized spacial score (nSPS) is 23.8. The second-order valence-electron chi connectivity index (χ2n) is 7.48. The van der Waals surface area contributed by atoms with Gasteiger partial charge in [0.05, 0.1) is 6.61 Å². The van der Waals surface area contributed by atoms with Crippen LogP contribution in [-0.4, -0.2) is 53.9 Å². The maximum absolute atomic E-state index is 12.8. The Balaban J connectivity index is 1.54. The Bertz CT molecular complexity index is 806. The number of urea groups is 1. The second kappa shape index (κ2) is 8.63. The van der Waals surface area contributed by atoms with Gasteiger partial charge in [0.1, 0.15) is 17.8 Å². The van der Waals surface area contributed by atoms with Gasteiger partial charge in [-0.15, -0.1) is 0 Å². The minimum Gasteiger partial charge on any atom is -0.494 e. The van der Waals surface area contributed by atoms with E-state index in [-0.39, 0.29) is 17.6 Å². The number of carbonyl (C=O) groups excluding carboxylic acids is 4. The van der Waals surface area contributed by atoms with Crippen LogP contribution in [0.2, 0.25) is 0 Å². The quantitative estimate of drug-likeness (QED) is 0.427. The molecular formula is C21H26N2O6. The van der Waals surface area contributed by atoms with Gasteiger partial charge in [0.2, 0.25) is 0 Å². The van der Waals surface area contributed by atoms with Gasteiger partial charge in [-0.1, -0.05) is 19.8 Å². The van der Waals surface area contributed by atoms with Crippen LogP contribution in [0.1, 0.15) is 49.9 Å². The highest BCUT2D eigenvalue weighted by Gasteiger charge is 2.55. The summed E-state index contributed by atoms with van der Waals surface area (Å²) in [5.74, 6) is -0.908. The van der Waals surface area contributed by atoms with Crippen LogP contribution in [0.5, 0.6) is 5.75 Å². The summed E-state index contributed by atoms with van der Waals surface area (Å²) in [7, 11) is 0. The number of carbonyl (C=O) groups is 4. The third-order valence-corrected chi connectivity index (χ3v) is 5.64. The van der Waals surface area contributed by atoms with Crippen molar-refractivity contribution < 1.29 is 28.7 Å². The summed E-state index contributed by atoms with van der Waals surface area (Å²) in [6, 6.07) is 5.92. The molecule has 3 rings (SSSR count). The van der Waals surface area contributed by atoms with Gasteiger partial charge in [-0.2, -0.15) is 0 Å². The van der Waals surface area contributed by atoms with E-state index in [1.807, 2.05) is 13.8 Å². The van der Waals surface area contributed by atoms with Gasteiger partial charge >= 0.3 is 12.0 Å². The number of nitrogens with one attached hydrogen (secondary N) is 1. The molecule has 0 bridgehead atoms. The number of ether oxygens (including phenoxy) is 2. The molecule has 2 atom stereocenters. The molecule has 1 saturated carbocycles. The van der Waals surface area contributed by atoms with Crippen molar-refractivity contribution in [2.24, 2.45) is 5.92 Å². The van der Waals surface area contributed by atoms with Gasteiger partial charge in [-0.25, -0.2) is 4.79 Å². The molecule has 1 aromatic carbocycles. The number of imide groups is 1. The first kappa shape index (κ1) is 20.8. The third-order valence-electron chi connectivity index (χ3n) is 5.64. The van der Waals surface area contributed by atoms with E-state index >= 15 is 0 Å². The van der Waals surface area contributed by atoms with E-state index in [2.05, 4.69) is 5.32 Å². The molecule has 1 heterocycles. The molecule has 3 amide bonds. The highest BCUT2D eigenvalue weighted by Crippen LogP contribution is 2.38. The zero-order valence-corrected chi connectivity index (χ0v) is 16.7. The SMILES string of the molecule is CCOc1ccc(C(=O)COC(=O)CN2C(=O)N[C@]3(CCCC[C@H]3C)C2=O)cc1. The Morgan fingerprint density at radius 2 is 1.93 bits per heavy atom. The van der Waals surface area contributed by atoms with Crippen LogP contribution >= 0.6 is 0 Å². The molecule has 2 aliphatic rings. The number of benzene rings is 1. The molecule has 1 saturated heterocycles. The average molecular weight is 402 g/mol. The van der Waals surface area contributed by atoms with E-state index in [4.69, 9.17) is 9.47 Å². The lowest BCUT2D eigenvalue weighted by Crippen LogP contribution is -2.54. The van der Waals surface area contributed by atoms with E-state index in [9.17, 15) is 19.2 Å². The maximum atomic E-state index is 12.8. The van der Waals surface area contributed by atoms with Crippen molar-refractivity contribution in [3.8, 4) is 5.75 Å². The maximum Gasteiger partial charge on any atom is 0.326 e. The van der Waals surface area contributed by atoms with Crippen molar-refractivity contribution in [1.29, 1.82) is 0 Å². The number of hydrogen-bond acceptors (Lipinski definition) is 6. The fraction of sp³-hybridized carbons (Fsp3) is 0.524. The van der Waals surface area contributed by atoms with Crippen molar-refractivity contribution in [3.05, 3.63) is 29.8 Å². The van der Waals surface area contributed by atoms with Crippen molar-refractivity contribution in [1.82, 2.24) is 10.2 Å². The molecule has 1 N–H and O–H groups in total. The summed E-state index contributed by atoms with van der Waals surface area (Å²) in [6.45, 7) is 3.36. The molecule has 8 nitrogen and oxygen atoms in total. The topological polar surface area (TPSA) is 102 Å². The van der Waals surface area contributed by atoms with Gasteiger partial charge in [0, 0.05) is 5.56 Å². The molecule has 156 valence electrons. The van der Waals surface area contributed by atoms with E-state index < -0.39 is 30.7 Å². The van der Waals surface area contributed by atoms with Gasteiger partial charge in [0.25, 0.3) is 5.91 Å². The Morgan fingerprint density at radius 1 is 1.21 bits per heavy atom. The number of ketones is 1. The van der Waals surface area contributed by atoms with Crippen molar-refractivity contribution in [3.63, 3.8) is 0 Å². The standard InChI is InChI=1S/C21H26N2O6/c1-3-28-16-9-7-15(8-10-16)17(24)13-29-18(25)12-23-19(26)21(22-20(23)27)11-5-4-6-14(21)2/h7-10,14H,3-6,11-13H2,1-2H3,(H,22,27)/t14-,21+/m1/s1. The Hall–Kier alpha value is -2.90. The van der Waals surface area contributed by atoms with Gasteiger partial charge in [0.15, 0.2) is 12.4 Å². The molecule has 1 aliphatic carbocycles. The first-order valence-electron chi connectivity index (χ1n) is 9.93.